The molecule has 0 aromatic carbocycles. The molecule has 0 bridgehead atoms. The molecule has 1 aliphatic rings. The normalized spacial score (nSPS) is 20.2. The van der Waals surface area contributed by atoms with Crippen LogP contribution < -0.4 is 5.32 Å². The molecule has 1 atom stereocenters. The van der Waals surface area contributed by atoms with E-state index in [1.165, 1.54) is 6.20 Å². The molecule has 1 N–H and O–H groups in total. The molecule has 17 heavy (non-hydrogen) atoms. The lowest BCUT2D eigenvalue weighted by molar-refractivity contribution is -0.127. The molecule has 6 heteroatoms. The third-order valence-corrected chi connectivity index (χ3v) is 2.96. The zero-order valence-corrected chi connectivity index (χ0v) is 9.90. The predicted octanol–water partition coefficient (Wildman–Crippen LogP) is 0.334. The fourth-order valence-electron chi connectivity index (χ4n) is 2.02. The maximum absolute atomic E-state index is 12.2. The topological polar surface area (TPSA) is 75.4 Å². The second-order valence-electron chi connectivity index (χ2n) is 4.01. The summed E-state index contributed by atoms with van der Waals surface area (Å²) in [4.78, 5) is 25.5. The first-order valence-electron chi connectivity index (χ1n) is 5.65. The minimum atomic E-state index is -0.398. The van der Waals surface area contributed by atoms with Crippen molar-refractivity contribution in [2.45, 2.75) is 26.3 Å². The Morgan fingerprint density at radius 3 is 3.06 bits per heavy atom. The summed E-state index contributed by atoms with van der Waals surface area (Å²) in [7, 11) is 0. The Morgan fingerprint density at radius 2 is 2.47 bits per heavy atom. The van der Waals surface area contributed by atoms with Crippen molar-refractivity contribution in [1.82, 2.24) is 15.4 Å². The van der Waals surface area contributed by atoms with E-state index in [4.69, 9.17) is 4.52 Å². The van der Waals surface area contributed by atoms with Gasteiger partial charge in [0.15, 0.2) is 0 Å². The fourth-order valence-corrected chi connectivity index (χ4v) is 2.02. The van der Waals surface area contributed by atoms with Gasteiger partial charge in [-0.25, -0.2) is 0 Å². The van der Waals surface area contributed by atoms with Crippen LogP contribution in [0.15, 0.2) is 10.7 Å². The number of piperazine rings is 1. The number of rotatable bonds is 2. The maximum Gasteiger partial charge on any atom is 0.259 e. The average Bonchev–Trinajstić information content (AvgIpc) is 2.74. The Morgan fingerprint density at radius 1 is 1.71 bits per heavy atom. The summed E-state index contributed by atoms with van der Waals surface area (Å²) in [5.41, 5.74) is 0.429. The van der Waals surface area contributed by atoms with Crippen LogP contribution in [-0.2, 0) is 4.79 Å². The SMILES string of the molecule is CCC1C(=O)NCCN1C(=O)c1cnoc1C. The zero-order valence-electron chi connectivity index (χ0n) is 9.90. The summed E-state index contributed by atoms with van der Waals surface area (Å²) in [5.74, 6) is 0.197. The number of carbonyl (C=O) groups excluding carboxylic acids is 2. The van der Waals surface area contributed by atoms with E-state index in [1.54, 1.807) is 11.8 Å². The molecule has 1 unspecified atom stereocenters. The van der Waals surface area contributed by atoms with Crippen LogP contribution in [-0.4, -0.2) is 41.0 Å². The molecule has 1 aromatic rings. The molecule has 1 aromatic heterocycles. The highest BCUT2D eigenvalue weighted by Crippen LogP contribution is 2.15. The highest BCUT2D eigenvalue weighted by atomic mass is 16.5. The molecule has 92 valence electrons. The molecule has 2 heterocycles. The van der Waals surface area contributed by atoms with Gasteiger partial charge < -0.3 is 14.7 Å². The van der Waals surface area contributed by atoms with Crippen LogP contribution in [0.25, 0.3) is 0 Å². The van der Waals surface area contributed by atoms with E-state index in [0.29, 0.717) is 30.8 Å². The number of aryl methyl sites for hydroxylation is 1. The molecule has 0 radical (unpaired) electrons. The van der Waals surface area contributed by atoms with Crippen molar-refractivity contribution in [3.8, 4) is 0 Å². The van der Waals surface area contributed by atoms with Gasteiger partial charge in [-0.1, -0.05) is 12.1 Å². The summed E-state index contributed by atoms with van der Waals surface area (Å²) in [5, 5.41) is 6.34. The van der Waals surface area contributed by atoms with Crippen molar-refractivity contribution < 1.29 is 14.1 Å². The summed E-state index contributed by atoms with van der Waals surface area (Å²) in [6, 6.07) is -0.398. The summed E-state index contributed by atoms with van der Waals surface area (Å²) >= 11 is 0. The van der Waals surface area contributed by atoms with Gasteiger partial charge in [0.2, 0.25) is 5.91 Å². The quantitative estimate of drug-likeness (QED) is 0.804. The van der Waals surface area contributed by atoms with Crippen molar-refractivity contribution in [3.05, 3.63) is 17.5 Å². The summed E-state index contributed by atoms with van der Waals surface area (Å²) < 4.78 is 4.87. The molecular formula is C11H15N3O3. The van der Waals surface area contributed by atoms with Gasteiger partial charge in [-0.2, -0.15) is 0 Å². The van der Waals surface area contributed by atoms with E-state index in [2.05, 4.69) is 10.5 Å². The number of hydrogen-bond donors (Lipinski definition) is 1. The van der Waals surface area contributed by atoms with Crippen molar-refractivity contribution in [2.24, 2.45) is 0 Å². The van der Waals surface area contributed by atoms with Crippen LogP contribution in [0.4, 0.5) is 0 Å². The summed E-state index contributed by atoms with van der Waals surface area (Å²) in [6.07, 6.45) is 2.00. The van der Waals surface area contributed by atoms with E-state index in [-0.39, 0.29) is 11.8 Å². The van der Waals surface area contributed by atoms with E-state index in [0.717, 1.165) is 0 Å². The average molecular weight is 237 g/mol. The molecule has 1 fully saturated rings. The van der Waals surface area contributed by atoms with E-state index >= 15 is 0 Å². The molecule has 2 amide bonds. The largest absolute Gasteiger partial charge is 0.361 e. The fraction of sp³-hybridized carbons (Fsp3) is 0.545. The molecule has 0 aliphatic carbocycles. The van der Waals surface area contributed by atoms with Crippen LogP contribution in [0.3, 0.4) is 0 Å². The zero-order chi connectivity index (χ0) is 12.4. The van der Waals surface area contributed by atoms with Crippen molar-refractivity contribution in [3.63, 3.8) is 0 Å². The Bertz CT molecular complexity index is 441. The first-order chi connectivity index (χ1) is 8.15. The first kappa shape index (κ1) is 11.6. The Balaban J connectivity index is 2.24. The molecule has 2 rings (SSSR count). The van der Waals surface area contributed by atoms with E-state index in [1.807, 2.05) is 6.92 Å². The van der Waals surface area contributed by atoms with E-state index < -0.39 is 6.04 Å². The van der Waals surface area contributed by atoms with Gasteiger partial charge >= 0.3 is 0 Å². The predicted molar refractivity (Wildman–Crippen MR) is 59.4 cm³/mol. The number of hydrogen-bond acceptors (Lipinski definition) is 4. The maximum atomic E-state index is 12.2. The molecular weight excluding hydrogens is 222 g/mol. The van der Waals surface area contributed by atoms with Gasteiger partial charge in [-0.3, -0.25) is 9.59 Å². The molecule has 0 saturated carbocycles. The number of amides is 2. The highest BCUT2D eigenvalue weighted by molar-refractivity contribution is 5.98. The van der Waals surface area contributed by atoms with Crippen molar-refractivity contribution in [1.29, 1.82) is 0 Å². The second-order valence-corrected chi connectivity index (χ2v) is 4.01. The highest BCUT2D eigenvalue weighted by Gasteiger charge is 2.33. The van der Waals surface area contributed by atoms with Gasteiger partial charge in [-0.05, 0) is 13.3 Å². The molecule has 6 nitrogen and oxygen atoms in total. The minimum Gasteiger partial charge on any atom is -0.361 e. The number of aromatic nitrogens is 1. The lowest BCUT2D eigenvalue weighted by Gasteiger charge is -2.34. The number of nitrogens with zero attached hydrogens (tertiary/aromatic N) is 2. The van der Waals surface area contributed by atoms with Gasteiger partial charge in [0.05, 0.1) is 6.20 Å². The van der Waals surface area contributed by atoms with Gasteiger partial charge in [-0.15, -0.1) is 0 Å². The molecule has 0 spiro atoms. The molecule has 1 saturated heterocycles. The van der Waals surface area contributed by atoms with Crippen molar-refractivity contribution >= 4 is 11.8 Å². The van der Waals surface area contributed by atoms with Crippen molar-refractivity contribution in [2.75, 3.05) is 13.1 Å². The summed E-state index contributed by atoms with van der Waals surface area (Å²) in [6.45, 7) is 4.58. The number of carbonyl (C=O) groups is 2. The lowest BCUT2D eigenvalue weighted by Crippen LogP contribution is -2.56. The van der Waals surface area contributed by atoms with Crippen LogP contribution >= 0.6 is 0 Å². The first-order valence-corrected chi connectivity index (χ1v) is 5.65. The molecule has 1 aliphatic heterocycles. The van der Waals surface area contributed by atoms with Crippen LogP contribution in [0.2, 0.25) is 0 Å². The van der Waals surface area contributed by atoms with Gasteiger partial charge in [0.25, 0.3) is 5.91 Å². The number of nitrogens with one attached hydrogen (secondary N) is 1. The lowest BCUT2D eigenvalue weighted by atomic mass is 10.1. The Labute approximate surface area is 98.9 Å². The third-order valence-electron chi connectivity index (χ3n) is 2.96. The third kappa shape index (κ3) is 2.02. The van der Waals surface area contributed by atoms with Crippen LogP contribution in [0.5, 0.6) is 0 Å². The van der Waals surface area contributed by atoms with Gasteiger partial charge in [0, 0.05) is 13.1 Å². The standard InChI is InChI=1S/C11H15N3O3/c1-3-9-10(15)12-4-5-14(9)11(16)8-6-13-17-7(8)2/h6,9H,3-5H2,1-2H3,(H,12,15). The smallest absolute Gasteiger partial charge is 0.259 e. The van der Waals surface area contributed by atoms with Crippen LogP contribution in [0.1, 0.15) is 29.5 Å². The second kappa shape index (κ2) is 4.57. The van der Waals surface area contributed by atoms with Gasteiger partial charge in [0.1, 0.15) is 17.4 Å². The van der Waals surface area contributed by atoms with Crippen LogP contribution in [0, 0.1) is 6.92 Å². The van der Waals surface area contributed by atoms with E-state index in [9.17, 15) is 9.59 Å². The Hall–Kier alpha value is -1.85. The monoisotopic (exact) mass is 237 g/mol. The minimum absolute atomic E-state index is 0.0961. The Kier molecular flexibility index (Phi) is 3.12.